The van der Waals surface area contributed by atoms with E-state index in [0.29, 0.717) is 24.5 Å². The van der Waals surface area contributed by atoms with Crippen molar-refractivity contribution in [1.29, 1.82) is 0 Å². The lowest BCUT2D eigenvalue weighted by atomic mass is 9.87. The van der Waals surface area contributed by atoms with E-state index >= 15 is 0 Å². The molecule has 1 heterocycles. The van der Waals surface area contributed by atoms with Crippen LogP contribution in [0.3, 0.4) is 0 Å². The van der Waals surface area contributed by atoms with Crippen molar-refractivity contribution in [2.45, 2.75) is 32.8 Å². The first-order valence-electron chi connectivity index (χ1n) is 6.18. The van der Waals surface area contributed by atoms with E-state index in [1.807, 2.05) is 0 Å². The van der Waals surface area contributed by atoms with Crippen molar-refractivity contribution in [1.82, 2.24) is 10.6 Å². The number of hydrogen-bond donors (Lipinski definition) is 2. The van der Waals surface area contributed by atoms with Gasteiger partial charge in [-0.3, -0.25) is 4.79 Å². The van der Waals surface area contributed by atoms with Crippen LogP contribution in [-0.4, -0.2) is 38.8 Å². The molecule has 5 heteroatoms. The molecule has 0 aromatic rings. The summed E-state index contributed by atoms with van der Waals surface area (Å²) in [6.07, 6.45) is 2.56. The maximum absolute atomic E-state index is 11.3. The molecule has 2 atom stereocenters. The Hall–Kier alpha value is -0.320. The highest BCUT2D eigenvalue weighted by Gasteiger charge is 2.28. The number of rotatable bonds is 5. The van der Waals surface area contributed by atoms with E-state index in [-0.39, 0.29) is 18.3 Å². The number of carbonyl (C=O) groups is 1. The van der Waals surface area contributed by atoms with Crippen LogP contribution in [0.15, 0.2) is 0 Å². The lowest BCUT2D eigenvalue weighted by Gasteiger charge is -2.34. The molecular formula is C12H25ClN2O2. The predicted molar refractivity (Wildman–Crippen MR) is 71.5 cm³/mol. The highest BCUT2D eigenvalue weighted by Crippen LogP contribution is 2.25. The van der Waals surface area contributed by atoms with Crippen LogP contribution in [0.5, 0.6) is 0 Å². The Bertz CT molecular complexity index is 225. The van der Waals surface area contributed by atoms with Gasteiger partial charge in [-0.2, -0.15) is 0 Å². The molecule has 1 aliphatic rings. The summed E-state index contributed by atoms with van der Waals surface area (Å²) in [5.74, 6) is 1.05. The zero-order chi connectivity index (χ0) is 12.0. The SMILES string of the molecule is CNCC(=O)NCC1CCCOC1C(C)C.Cl. The first-order chi connectivity index (χ1) is 7.65. The third-order valence-electron chi connectivity index (χ3n) is 3.05. The molecule has 0 saturated carbocycles. The van der Waals surface area contributed by atoms with Crippen molar-refractivity contribution in [2.24, 2.45) is 11.8 Å². The third kappa shape index (κ3) is 5.70. The van der Waals surface area contributed by atoms with Crippen LogP contribution in [0.4, 0.5) is 0 Å². The van der Waals surface area contributed by atoms with Gasteiger partial charge in [-0.05, 0) is 25.8 Å². The second kappa shape index (κ2) is 8.72. The van der Waals surface area contributed by atoms with Gasteiger partial charge in [0.15, 0.2) is 0 Å². The first kappa shape index (κ1) is 16.7. The smallest absolute Gasteiger partial charge is 0.233 e. The van der Waals surface area contributed by atoms with Gasteiger partial charge < -0.3 is 15.4 Å². The molecule has 17 heavy (non-hydrogen) atoms. The molecule has 1 rings (SSSR count). The standard InChI is InChI=1S/C12H24N2O2.ClH/c1-9(2)12-10(5-4-6-16-12)7-14-11(15)8-13-3;/h9-10,12-13H,4-8H2,1-3H3,(H,14,15);1H. The summed E-state index contributed by atoms with van der Waals surface area (Å²) in [7, 11) is 1.78. The minimum Gasteiger partial charge on any atom is -0.378 e. The van der Waals surface area contributed by atoms with Crippen molar-refractivity contribution in [3.63, 3.8) is 0 Å². The zero-order valence-electron chi connectivity index (χ0n) is 11.0. The minimum atomic E-state index is 0. The van der Waals surface area contributed by atoms with E-state index in [4.69, 9.17) is 4.74 Å². The lowest BCUT2D eigenvalue weighted by molar-refractivity contribution is -0.121. The van der Waals surface area contributed by atoms with Crippen molar-refractivity contribution < 1.29 is 9.53 Å². The molecule has 1 amide bonds. The molecule has 1 fully saturated rings. The summed E-state index contributed by atoms with van der Waals surface area (Å²) in [5, 5.41) is 5.80. The number of nitrogens with one attached hydrogen (secondary N) is 2. The first-order valence-corrected chi connectivity index (χ1v) is 6.18. The fraction of sp³-hybridized carbons (Fsp3) is 0.917. The topological polar surface area (TPSA) is 50.4 Å². The molecule has 0 aromatic carbocycles. The monoisotopic (exact) mass is 264 g/mol. The normalized spacial score (nSPS) is 24.2. The second-order valence-electron chi connectivity index (χ2n) is 4.82. The molecular weight excluding hydrogens is 240 g/mol. The van der Waals surface area contributed by atoms with Crippen molar-refractivity contribution >= 4 is 18.3 Å². The highest BCUT2D eigenvalue weighted by molar-refractivity contribution is 5.85. The van der Waals surface area contributed by atoms with Gasteiger partial charge in [0.1, 0.15) is 0 Å². The average molecular weight is 265 g/mol. The number of halogens is 1. The highest BCUT2D eigenvalue weighted by atomic mass is 35.5. The summed E-state index contributed by atoms with van der Waals surface area (Å²) in [4.78, 5) is 11.3. The molecule has 0 aliphatic carbocycles. The van der Waals surface area contributed by atoms with Gasteiger partial charge in [-0.25, -0.2) is 0 Å². The van der Waals surface area contributed by atoms with Crippen molar-refractivity contribution in [3.8, 4) is 0 Å². The van der Waals surface area contributed by atoms with Gasteiger partial charge in [-0.1, -0.05) is 13.8 Å². The van der Waals surface area contributed by atoms with Gasteiger partial charge in [-0.15, -0.1) is 12.4 Å². The summed E-state index contributed by atoms with van der Waals surface area (Å²) in [5.41, 5.74) is 0. The quantitative estimate of drug-likeness (QED) is 0.785. The third-order valence-corrected chi connectivity index (χ3v) is 3.05. The Morgan fingerprint density at radius 1 is 1.47 bits per heavy atom. The van der Waals surface area contributed by atoms with Crippen LogP contribution >= 0.6 is 12.4 Å². The molecule has 0 spiro atoms. The summed E-state index contributed by atoms with van der Waals surface area (Å²) >= 11 is 0. The Morgan fingerprint density at radius 2 is 2.18 bits per heavy atom. The number of carbonyl (C=O) groups excluding carboxylic acids is 1. The number of likely N-dealkylation sites (N-methyl/N-ethyl adjacent to an activating group) is 1. The fourth-order valence-electron chi connectivity index (χ4n) is 2.29. The van der Waals surface area contributed by atoms with Crippen molar-refractivity contribution in [3.05, 3.63) is 0 Å². The van der Waals surface area contributed by atoms with Crippen LogP contribution in [0.1, 0.15) is 26.7 Å². The Morgan fingerprint density at radius 3 is 2.76 bits per heavy atom. The second-order valence-corrected chi connectivity index (χ2v) is 4.82. The molecule has 0 radical (unpaired) electrons. The molecule has 1 aliphatic heterocycles. The van der Waals surface area contributed by atoms with Gasteiger partial charge in [0.2, 0.25) is 5.91 Å². The summed E-state index contributed by atoms with van der Waals surface area (Å²) in [6, 6.07) is 0. The van der Waals surface area contributed by atoms with E-state index in [9.17, 15) is 4.79 Å². The molecule has 0 aromatic heterocycles. The number of hydrogen-bond acceptors (Lipinski definition) is 3. The number of amides is 1. The van der Waals surface area contributed by atoms with Gasteiger partial charge >= 0.3 is 0 Å². The van der Waals surface area contributed by atoms with E-state index in [1.165, 1.54) is 0 Å². The van der Waals surface area contributed by atoms with E-state index in [1.54, 1.807) is 7.05 Å². The van der Waals surface area contributed by atoms with Crippen LogP contribution < -0.4 is 10.6 Å². The molecule has 4 nitrogen and oxygen atoms in total. The largest absolute Gasteiger partial charge is 0.378 e. The zero-order valence-corrected chi connectivity index (χ0v) is 11.8. The maximum Gasteiger partial charge on any atom is 0.233 e. The van der Waals surface area contributed by atoms with Crippen LogP contribution in [0.25, 0.3) is 0 Å². The molecule has 2 unspecified atom stereocenters. The van der Waals surface area contributed by atoms with Gasteiger partial charge in [0.05, 0.1) is 12.6 Å². The Balaban J connectivity index is 0.00000256. The van der Waals surface area contributed by atoms with Gasteiger partial charge in [0, 0.05) is 19.1 Å². The molecule has 2 N–H and O–H groups in total. The average Bonchev–Trinajstić information content (AvgIpc) is 2.27. The molecule has 0 bridgehead atoms. The Labute approximate surface area is 110 Å². The molecule has 1 saturated heterocycles. The van der Waals surface area contributed by atoms with Crippen LogP contribution in [0.2, 0.25) is 0 Å². The summed E-state index contributed by atoms with van der Waals surface area (Å²) < 4.78 is 5.78. The maximum atomic E-state index is 11.3. The van der Waals surface area contributed by atoms with Gasteiger partial charge in [0.25, 0.3) is 0 Å². The molecule has 102 valence electrons. The minimum absolute atomic E-state index is 0. The van der Waals surface area contributed by atoms with E-state index in [2.05, 4.69) is 24.5 Å². The van der Waals surface area contributed by atoms with Crippen LogP contribution in [0, 0.1) is 11.8 Å². The van der Waals surface area contributed by atoms with E-state index < -0.39 is 0 Å². The van der Waals surface area contributed by atoms with Crippen molar-refractivity contribution in [2.75, 3.05) is 26.7 Å². The summed E-state index contributed by atoms with van der Waals surface area (Å²) in [6.45, 7) is 6.35. The van der Waals surface area contributed by atoms with Crippen LogP contribution in [-0.2, 0) is 9.53 Å². The Kier molecular flexibility index (Phi) is 8.56. The van der Waals surface area contributed by atoms with E-state index in [0.717, 1.165) is 26.0 Å². The fourth-order valence-corrected chi connectivity index (χ4v) is 2.29. The predicted octanol–water partition coefficient (Wildman–Crippen LogP) is 1.19. The lowest BCUT2D eigenvalue weighted by Crippen LogP contribution is -2.43. The number of ether oxygens (including phenoxy) is 1.